The molecule has 1 aliphatic heterocycles. The van der Waals surface area contributed by atoms with Gasteiger partial charge >= 0.3 is 0 Å². The Labute approximate surface area is 129 Å². The van der Waals surface area contributed by atoms with Gasteiger partial charge in [-0.15, -0.1) is 0 Å². The van der Waals surface area contributed by atoms with Gasteiger partial charge in [0.2, 0.25) is 0 Å². The minimum absolute atomic E-state index is 0.638. The number of nitrogens with zero attached hydrogens (tertiary/aromatic N) is 1. The number of nitrogens with one attached hydrogen (secondary N) is 1. The molecule has 0 aromatic heterocycles. The molecule has 1 N–H and O–H groups in total. The maximum absolute atomic E-state index is 5.74. The van der Waals surface area contributed by atoms with Crippen molar-refractivity contribution in [2.24, 2.45) is 0 Å². The summed E-state index contributed by atoms with van der Waals surface area (Å²) in [6.07, 6.45) is 4.09. The first-order chi connectivity index (χ1) is 9.72. The summed E-state index contributed by atoms with van der Waals surface area (Å²) in [5, 5.41) is 3.63. The molecule has 1 aliphatic carbocycles. The highest BCUT2D eigenvalue weighted by atomic mass is 79.9. The number of hydrogen-bond donors (Lipinski definition) is 1. The molecule has 3 rings (SSSR count). The fraction of sp³-hybridized carbons (Fsp3) is 0.625. The molecule has 0 amide bonds. The Hall–Kier alpha value is -0.580. The summed E-state index contributed by atoms with van der Waals surface area (Å²) in [5.41, 5.74) is 0. The zero-order valence-electron chi connectivity index (χ0n) is 12.0. The molecule has 20 heavy (non-hydrogen) atoms. The van der Waals surface area contributed by atoms with Crippen LogP contribution in [0.1, 0.15) is 26.2 Å². The Bertz CT molecular complexity index is 433. The molecule has 2 aliphatic rings. The largest absolute Gasteiger partial charge is 0.492 e. The summed E-state index contributed by atoms with van der Waals surface area (Å²) in [4.78, 5) is 2.67. The maximum Gasteiger partial charge on any atom is 0.119 e. The SMILES string of the molecule is C[C@H]1C[C@H](NCCOc2ccc(Br)cc2)CN1C1CC1. The van der Waals surface area contributed by atoms with E-state index in [2.05, 4.69) is 33.1 Å². The second-order valence-electron chi connectivity index (χ2n) is 5.97. The van der Waals surface area contributed by atoms with Gasteiger partial charge in [0.05, 0.1) is 0 Å². The zero-order valence-corrected chi connectivity index (χ0v) is 13.6. The van der Waals surface area contributed by atoms with Gasteiger partial charge in [0, 0.05) is 35.7 Å². The van der Waals surface area contributed by atoms with E-state index in [0.29, 0.717) is 6.04 Å². The first kappa shape index (κ1) is 14.4. The van der Waals surface area contributed by atoms with Crippen molar-refractivity contribution in [3.63, 3.8) is 0 Å². The number of benzene rings is 1. The lowest BCUT2D eigenvalue weighted by atomic mass is 10.2. The normalized spacial score (nSPS) is 26.9. The number of likely N-dealkylation sites (tertiary alicyclic amines) is 1. The lowest BCUT2D eigenvalue weighted by Gasteiger charge is -2.19. The summed E-state index contributed by atoms with van der Waals surface area (Å²) >= 11 is 3.43. The van der Waals surface area contributed by atoms with Gasteiger partial charge in [0.25, 0.3) is 0 Å². The third kappa shape index (κ3) is 3.74. The highest BCUT2D eigenvalue weighted by Gasteiger charge is 2.38. The van der Waals surface area contributed by atoms with Gasteiger partial charge in [-0.3, -0.25) is 4.90 Å². The van der Waals surface area contributed by atoms with E-state index in [1.165, 1.54) is 25.8 Å². The van der Waals surface area contributed by atoms with E-state index >= 15 is 0 Å². The van der Waals surface area contributed by atoms with Gasteiger partial charge in [0.15, 0.2) is 0 Å². The Morgan fingerprint density at radius 1 is 1.30 bits per heavy atom. The molecule has 0 unspecified atom stereocenters. The van der Waals surface area contributed by atoms with Gasteiger partial charge in [-0.05, 0) is 50.5 Å². The molecule has 1 heterocycles. The number of hydrogen-bond acceptors (Lipinski definition) is 3. The van der Waals surface area contributed by atoms with Crippen molar-refractivity contribution in [1.82, 2.24) is 10.2 Å². The standard InChI is InChI=1S/C16H23BrN2O/c1-12-10-14(11-19(12)15-4-5-15)18-8-9-20-16-6-2-13(17)3-7-16/h2-3,6-7,12,14-15,18H,4-5,8-11H2,1H3/t12-,14-/m0/s1. The third-order valence-corrected chi connectivity index (χ3v) is 4.78. The van der Waals surface area contributed by atoms with Crippen molar-refractivity contribution < 1.29 is 4.74 Å². The Morgan fingerprint density at radius 3 is 2.75 bits per heavy atom. The van der Waals surface area contributed by atoms with E-state index < -0.39 is 0 Å². The van der Waals surface area contributed by atoms with E-state index in [4.69, 9.17) is 4.74 Å². The average Bonchev–Trinajstić information content (AvgIpc) is 3.21. The molecule has 0 bridgehead atoms. The molecule has 4 heteroatoms. The molecule has 1 aromatic carbocycles. The van der Waals surface area contributed by atoms with Gasteiger partial charge in [-0.2, -0.15) is 0 Å². The summed E-state index contributed by atoms with van der Waals surface area (Å²) in [6.45, 7) is 5.23. The maximum atomic E-state index is 5.74. The number of ether oxygens (including phenoxy) is 1. The van der Waals surface area contributed by atoms with Gasteiger partial charge in [-0.1, -0.05) is 15.9 Å². The molecule has 2 fully saturated rings. The van der Waals surface area contributed by atoms with Crippen LogP contribution in [0.2, 0.25) is 0 Å². The third-order valence-electron chi connectivity index (χ3n) is 4.26. The van der Waals surface area contributed by atoms with Crippen LogP contribution in [0, 0.1) is 0 Å². The predicted octanol–water partition coefficient (Wildman–Crippen LogP) is 3.04. The highest BCUT2D eigenvalue weighted by molar-refractivity contribution is 9.10. The van der Waals surface area contributed by atoms with E-state index in [-0.39, 0.29) is 0 Å². The summed E-state index contributed by atoms with van der Waals surface area (Å²) in [6, 6.07) is 10.3. The van der Waals surface area contributed by atoms with Crippen LogP contribution >= 0.6 is 15.9 Å². The summed E-state index contributed by atoms with van der Waals surface area (Å²) in [7, 11) is 0. The van der Waals surface area contributed by atoms with E-state index in [9.17, 15) is 0 Å². The predicted molar refractivity (Wildman–Crippen MR) is 85.2 cm³/mol. The first-order valence-corrected chi connectivity index (χ1v) is 8.39. The van der Waals surface area contributed by atoms with Crippen LogP contribution in [0.25, 0.3) is 0 Å². The van der Waals surface area contributed by atoms with Crippen LogP contribution < -0.4 is 10.1 Å². The van der Waals surface area contributed by atoms with Crippen molar-refractivity contribution in [3.8, 4) is 5.75 Å². The Kier molecular flexibility index (Phi) is 4.64. The monoisotopic (exact) mass is 338 g/mol. The minimum Gasteiger partial charge on any atom is -0.492 e. The molecule has 1 saturated carbocycles. The fourth-order valence-corrected chi connectivity index (χ4v) is 3.35. The molecule has 0 radical (unpaired) electrons. The van der Waals surface area contributed by atoms with Crippen molar-refractivity contribution in [2.75, 3.05) is 19.7 Å². The molecule has 1 aromatic rings. The average molecular weight is 339 g/mol. The van der Waals surface area contributed by atoms with Gasteiger partial charge in [-0.25, -0.2) is 0 Å². The van der Waals surface area contributed by atoms with E-state index in [0.717, 1.165) is 35.5 Å². The second kappa shape index (κ2) is 6.46. The first-order valence-electron chi connectivity index (χ1n) is 7.60. The number of rotatable bonds is 6. The van der Waals surface area contributed by atoms with Crippen molar-refractivity contribution >= 4 is 15.9 Å². The molecule has 110 valence electrons. The Morgan fingerprint density at radius 2 is 2.05 bits per heavy atom. The lowest BCUT2D eigenvalue weighted by Crippen LogP contribution is -2.36. The topological polar surface area (TPSA) is 24.5 Å². The van der Waals surface area contributed by atoms with Crippen LogP contribution in [0.3, 0.4) is 0 Å². The van der Waals surface area contributed by atoms with Crippen LogP contribution in [0.5, 0.6) is 5.75 Å². The van der Waals surface area contributed by atoms with E-state index in [1.54, 1.807) is 0 Å². The molecule has 1 saturated heterocycles. The highest BCUT2D eigenvalue weighted by Crippen LogP contribution is 2.33. The molecule has 2 atom stereocenters. The van der Waals surface area contributed by atoms with Crippen molar-refractivity contribution in [2.45, 2.75) is 44.3 Å². The molecular weight excluding hydrogens is 316 g/mol. The smallest absolute Gasteiger partial charge is 0.119 e. The quantitative estimate of drug-likeness (QED) is 0.807. The zero-order chi connectivity index (χ0) is 13.9. The molecule has 3 nitrogen and oxygen atoms in total. The minimum atomic E-state index is 0.638. The lowest BCUT2D eigenvalue weighted by molar-refractivity contribution is 0.253. The van der Waals surface area contributed by atoms with Crippen LogP contribution in [-0.4, -0.2) is 42.7 Å². The fourth-order valence-electron chi connectivity index (χ4n) is 3.08. The van der Waals surface area contributed by atoms with Crippen LogP contribution in [-0.2, 0) is 0 Å². The van der Waals surface area contributed by atoms with Gasteiger partial charge in [0.1, 0.15) is 12.4 Å². The van der Waals surface area contributed by atoms with Crippen molar-refractivity contribution in [1.29, 1.82) is 0 Å². The van der Waals surface area contributed by atoms with Crippen molar-refractivity contribution in [3.05, 3.63) is 28.7 Å². The van der Waals surface area contributed by atoms with Crippen LogP contribution in [0.4, 0.5) is 0 Å². The summed E-state index contributed by atoms with van der Waals surface area (Å²) in [5.74, 6) is 0.939. The van der Waals surface area contributed by atoms with Gasteiger partial charge < -0.3 is 10.1 Å². The summed E-state index contributed by atoms with van der Waals surface area (Å²) < 4.78 is 6.82. The van der Waals surface area contributed by atoms with Crippen LogP contribution in [0.15, 0.2) is 28.7 Å². The second-order valence-corrected chi connectivity index (χ2v) is 6.88. The Balaban J connectivity index is 1.35. The number of halogens is 1. The molecule has 0 spiro atoms. The van der Waals surface area contributed by atoms with E-state index in [1.807, 2.05) is 24.3 Å². The molecular formula is C16H23BrN2O.